The molecule has 2 aliphatic rings. The van der Waals surface area contributed by atoms with E-state index < -0.39 is 23.6 Å². The number of carbonyl (C=O) groups is 2. The Morgan fingerprint density at radius 1 is 1.21 bits per heavy atom. The minimum Gasteiger partial charge on any atom is -0.356 e. The van der Waals surface area contributed by atoms with Gasteiger partial charge in [-0.1, -0.05) is 32.0 Å². The third-order valence-electron chi connectivity index (χ3n) is 5.56. The fourth-order valence-corrected chi connectivity index (χ4v) is 3.74. The van der Waals surface area contributed by atoms with Crippen LogP contribution in [0.3, 0.4) is 0 Å². The van der Waals surface area contributed by atoms with Crippen LogP contribution in [0.15, 0.2) is 24.3 Å². The molecule has 2 amide bonds. The maximum absolute atomic E-state index is 13.1. The van der Waals surface area contributed by atoms with Gasteiger partial charge in [-0.3, -0.25) is 9.59 Å². The largest absolute Gasteiger partial charge is 0.416 e. The van der Waals surface area contributed by atoms with Crippen LogP contribution in [0.2, 0.25) is 0 Å². The molecular formula is C21H27F3N2O2. The van der Waals surface area contributed by atoms with E-state index in [1.165, 1.54) is 6.07 Å². The van der Waals surface area contributed by atoms with Crippen molar-refractivity contribution in [2.45, 2.75) is 45.2 Å². The number of halogens is 3. The van der Waals surface area contributed by atoms with Crippen LogP contribution in [0.4, 0.5) is 13.2 Å². The van der Waals surface area contributed by atoms with Gasteiger partial charge >= 0.3 is 6.18 Å². The number of hydrogen-bond acceptors (Lipinski definition) is 2. The van der Waals surface area contributed by atoms with E-state index in [-0.39, 0.29) is 24.3 Å². The van der Waals surface area contributed by atoms with Gasteiger partial charge in [0.2, 0.25) is 11.8 Å². The fraction of sp³-hybridized carbons (Fsp3) is 0.619. The first-order valence-corrected chi connectivity index (χ1v) is 9.90. The predicted molar refractivity (Wildman–Crippen MR) is 99.4 cm³/mol. The molecule has 0 bridgehead atoms. The van der Waals surface area contributed by atoms with E-state index in [9.17, 15) is 22.8 Å². The van der Waals surface area contributed by atoms with Crippen molar-refractivity contribution in [3.63, 3.8) is 0 Å². The molecule has 1 N–H and O–H groups in total. The molecule has 2 fully saturated rings. The van der Waals surface area contributed by atoms with E-state index in [2.05, 4.69) is 19.2 Å². The molecule has 1 aromatic carbocycles. The van der Waals surface area contributed by atoms with Crippen molar-refractivity contribution in [1.29, 1.82) is 0 Å². The number of alkyl halides is 3. The molecule has 28 heavy (non-hydrogen) atoms. The summed E-state index contributed by atoms with van der Waals surface area (Å²) in [5, 5.41) is 2.91. The molecule has 0 aromatic heterocycles. The second-order valence-electron chi connectivity index (χ2n) is 8.33. The molecule has 1 aliphatic carbocycles. The molecular weight excluding hydrogens is 369 g/mol. The Labute approximate surface area is 163 Å². The lowest BCUT2D eigenvalue weighted by Gasteiger charge is -2.19. The topological polar surface area (TPSA) is 49.4 Å². The molecule has 1 aromatic rings. The molecule has 1 aliphatic heterocycles. The Balaban J connectivity index is 1.80. The minimum absolute atomic E-state index is 0.0184. The molecule has 0 unspecified atom stereocenters. The summed E-state index contributed by atoms with van der Waals surface area (Å²) in [6, 6.07) is 5.14. The second kappa shape index (κ2) is 8.13. The Morgan fingerprint density at radius 3 is 2.54 bits per heavy atom. The first-order chi connectivity index (χ1) is 13.2. The van der Waals surface area contributed by atoms with Gasteiger partial charge in [-0.25, -0.2) is 0 Å². The molecule has 1 saturated heterocycles. The van der Waals surface area contributed by atoms with Crippen LogP contribution in [-0.2, 0) is 15.8 Å². The average molecular weight is 396 g/mol. The van der Waals surface area contributed by atoms with E-state index in [0.29, 0.717) is 24.6 Å². The van der Waals surface area contributed by atoms with Crippen LogP contribution in [0, 0.1) is 17.8 Å². The first-order valence-electron chi connectivity index (χ1n) is 9.90. The van der Waals surface area contributed by atoms with Gasteiger partial charge in [0.15, 0.2) is 0 Å². The van der Waals surface area contributed by atoms with Gasteiger partial charge in [-0.05, 0) is 36.8 Å². The highest BCUT2D eigenvalue weighted by atomic mass is 19.4. The monoisotopic (exact) mass is 396 g/mol. The van der Waals surface area contributed by atoms with Crippen molar-refractivity contribution in [2.75, 3.05) is 19.6 Å². The van der Waals surface area contributed by atoms with E-state index in [1.54, 1.807) is 11.0 Å². The molecule has 154 valence electrons. The average Bonchev–Trinajstić information content (AvgIpc) is 3.38. The number of benzene rings is 1. The Hall–Kier alpha value is -2.05. The van der Waals surface area contributed by atoms with Crippen molar-refractivity contribution in [3.05, 3.63) is 35.4 Å². The summed E-state index contributed by atoms with van der Waals surface area (Å²) in [6.07, 6.45) is -1.89. The van der Waals surface area contributed by atoms with Gasteiger partial charge < -0.3 is 10.2 Å². The SMILES string of the molecule is CC(C)CCNC(=O)[C@H]1CN(C(=O)C2CC2)C[C@H]1c1cccc(C(F)(F)F)c1. The van der Waals surface area contributed by atoms with Gasteiger partial charge in [0.05, 0.1) is 11.5 Å². The van der Waals surface area contributed by atoms with Gasteiger partial charge in [-0.15, -0.1) is 0 Å². The lowest BCUT2D eigenvalue weighted by atomic mass is 9.87. The zero-order chi connectivity index (χ0) is 20.5. The number of likely N-dealkylation sites (tertiary alicyclic amines) is 1. The first kappa shape index (κ1) is 20.7. The van der Waals surface area contributed by atoms with E-state index >= 15 is 0 Å². The van der Waals surface area contributed by atoms with Crippen LogP contribution in [0.25, 0.3) is 0 Å². The number of carbonyl (C=O) groups excluding carboxylic acids is 2. The molecule has 0 spiro atoms. The summed E-state index contributed by atoms with van der Waals surface area (Å²) in [7, 11) is 0. The lowest BCUT2D eigenvalue weighted by molar-refractivity contribution is -0.137. The summed E-state index contributed by atoms with van der Waals surface area (Å²) in [5.41, 5.74) is -0.263. The summed E-state index contributed by atoms with van der Waals surface area (Å²) in [6.45, 7) is 5.20. The summed E-state index contributed by atoms with van der Waals surface area (Å²) in [5.74, 6) is -0.660. The second-order valence-corrected chi connectivity index (χ2v) is 8.33. The number of nitrogens with zero attached hydrogens (tertiary/aromatic N) is 1. The van der Waals surface area contributed by atoms with Gasteiger partial charge in [0.25, 0.3) is 0 Å². The van der Waals surface area contributed by atoms with Gasteiger partial charge in [0, 0.05) is 31.5 Å². The minimum atomic E-state index is -4.44. The molecule has 0 radical (unpaired) electrons. The summed E-state index contributed by atoms with van der Waals surface area (Å²) in [4.78, 5) is 26.9. The summed E-state index contributed by atoms with van der Waals surface area (Å²) < 4.78 is 39.4. The maximum Gasteiger partial charge on any atom is 0.416 e. The Kier molecular flexibility index (Phi) is 6.01. The quantitative estimate of drug-likeness (QED) is 0.795. The molecule has 2 atom stereocenters. The molecule has 1 saturated carbocycles. The normalized spacial score (nSPS) is 22.6. The third kappa shape index (κ3) is 4.86. The van der Waals surface area contributed by atoms with E-state index in [1.807, 2.05) is 0 Å². The highest BCUT2D eigenvalue weighted by Gasteiger charge is 2.44. The van der Waals surface area contributed by atoms with Crippen molar-refractivity contribution < 1.29 is 22.8 Å². The molecule has 1 heterocycles. The smallest absolute Gasteiger partial charge is 0.356 e. The van der Waals surface area contributed by atoms with Crippen LogP contribution in [0.1, 0.15) is 50.2 Å². The number of nitrogens with one attached hydrogen (secondary N) is 1. The van der Waals surface area contributed by atoms with Gasteiger partial charge in [-0.2, -0.15) is 13.2 Å². The van der Waals surface area contributed by atoms with E-state index in [4.69, 9.17) is 0 Å². The van der Waals surface area contributed by atoms with Crippen LogP contribution < -0.4 is 5.32 Å². The summed E-state index contributed by atoms with van der Waals surface area (Å²) >= 11 is 0. The zero-order valence-corrected chi connectivity index (χ0v) is 16.3. The highest BCUT2D eigenvalue weighted by Crippen LogP contribution is 2.39. The zero-order valence-electron chi connectivity index (χ0n) is 16.3. The number of hydrogen-bond donors (Lipinski definition) is 1. The number of amides is 2. The highest BCUT2D eigenvalue weighted by molar-refractivity contribution is 5.85. The number of rotatable bonds is 6. The van der Waals surface area contributed by atoms with Crippen LogP contribution in [0.5, 0.6) is 0 Å². The van der Waals surface area contributed by atoms with Crippen LogP contribution in [-0.4, -0.2) is 36.3 Å². The Morgan fingerprint density at radius 2 is 1.93 bits per heavy atom. The third-order valence-corrected chi connectivity index (χ3v) is 5.56. The standard InChI is InChI=1S/C21H27F3N2O2/c1-13(2)8-9-25-19(27)18-12-26(20(28)14-6-7-14)11-17(18)15-4-3-5-16(10-15)21(22,23)24/h3-5,10,13-14,17-18H,6-9,11-12H2,1-2H3,(H,25,27)/t17-,18-/m0/s1. The Bertz CT molecular complexity index is 729. The molecule has 4 nitrogen and oxygen atoms in total. The predicted octanol–water partition coefficient (Wildman–Crippen LogP) is 3.82. The molecule has 7 heteroatoms. The van der Waals surface area contributed by atoms with Crippen molar-refractivity contribution in [2.24, 2.45) is 17.8 Å². The van der Waals surface area contributed by atoms with E-state index in [0.717, 1.165) is 31.4 Å². The van der Waals surface area contributed by atoms with Crippen molar-refractivity contribution in [1.82, 2.24) is 10.2 Å². The van der Waals surface area contributed by atoms with Crippen LogP contribution >= 0.6 is 0 Å². The van der Waals surface area contributed by atoms with Gasteiger partial charge in [0.1, 0.15) is 0 Å². The maximum atomic E-state index is 13.1. The lowest BCUT2D eigenvalue weighted by Crippen LogP contribution is -2.36. The van der Waals surface area contributed by atoms with Crippen molar-refractivity contribution in [3.8, 4) is 0 Å². The molecule has 3 rings (SSSR count). The fourth-order valence-electron chi connectivity index (χ4n) is 3.74. The van der Waals surface area contributed by atoms with Crippen molar-refractivity contribution >= 4 is 11.8 Å².